The number of likely N-dealkylation sites (tertiary alicyclic amines) is 1. The molecule has 0 saturated carbocycles. The van der Waals surface area contributed by atoms with Crippen LogP contribution in [0, 0.1) is 5.92 Å². The van der Waals surface area contributed by atoms with Gasteiger partial charge in [0, 0.05) is 13.1 Å². The van der Waals surface area contributed by atoms with Gasteiger partial charge in [0.2, 0.25) is 5.91 Å². The minimum Gasteiger partial charge on any atom is -0.466 e. The number of ether oxygens (including phenoxy) is 1. The number of aromatic nitrogens is 2. The monoisotopic (exact) mass is 361 g/mol. The molecule has 1 amide bonds. The number of carbonyl (C=O) groups is 2. The molecular weight excluding hydrogens is 338 g/mol. The fourth-order valence-corrected chi connectivity index (χ4v) is 3.96. The molecule has 0 aliphatic carbocycles. The molecule has 0 bridgehead atoms. The van der Waals surface area contributed by atoms with Gasteiger partial charge in [0.15, 0.2) is 5.16 Å². The summed E-state index contributed by atoms with van der Waals surface area (Å²) in [6.07, 6.45) is 1.35. The third-order valence-corrected chi connectivity index (χ3v) is 5.40. The van der Waals surface area contributed by atoms with Crippen LogP contribution in [0.4, 0.5) is 0 Å². The van der Waals surface area contributed by atoms with Crippen LogP contribution < -0.4 is 0 Å². The van der Waals surface area contributed by atoms with E-state index >= 15 is 0 Å². The van der Waals surface area contributed by atoms with Gasteiger partial charge in [0.05, 0.1) is 28.8 Å². The number of rotatable bonds is 5. The van der Waals surface area contributed by atoms with Crippen molar-refractivity contribution in [3.8, 4) is 0 Å². The number of nitrogens with zero attached hydrogens (tertiary/aromatic N) is 2. The second kappa shape index (κ2) is 7.91. The molecule has 1 aliphatic heterocycles. The molecule has 134 valence electrons. The van der Waals surface area contributed by atoms with E-state index in [-0.39, 0.29) is 23.0 Å². The van der Waals surface area contributed by atoms with Crippen molar-refractivity contribution in [3.05, 3.63) is 24.3 Å². The molecule has 7 heteroatoms. The minimum absolute atomic E-state index is 0.0812. The van der Waals surface area contributed by atoms with E-state index in [1.165, 1.54) is 11.8 Å². The number of fused-ring (bicyclic) bond motifs is 1. The first-order chi connectivity index (χ1) is 12.1. The Bertz CT molecular complexity index is 720. The zero-order chi connectivity index (χ0) is 17.8. The summed E-state index contributed by atoms with van der Waals surface area (Å²) in [7, 11) is 0. The van der Waals surface area contributed by atoms with Crippen molar-refractivity contribution in [1.29, 1.82) is 0 Å². The van der Waals surface area contributed by atoms with Crippen molar-refractivity contribution in [3.63, 3.8) is 0 Å². The Hall–Kier alpha value is -2.02. The number of aromatic amines is 1. The van der Waals surface area contributed by atoms with E-state index in [0.29, 0.717) is 32.5 Å². The van der Waals surface area contributed by atoms with Gasteiger partial charge in [0.25, 0.3) is 0 Å². The van der Waals surface area contributed by atoms with Crippen molar-refractivity contribution in [2.75, 3.05) is 19.7 Å². The Morgan fingerprint density at radius 2 is 2.08 bits per heavy atom. The maximum atomic E-state index is 12.7. The zero-order valence-electron chi connectivity index (χ0n) is 14.5. The lowest BCUT2D eigenvalue weighted by Gasteiger charge is -2.32. The molecule has 6 nitrogen and oxygen atoms in total. The highest BCUT2D eigenvalue weighted by Gasteiger charge is 2.30. The topological polar surface area (TPSA) is 75.3 Å². The van der Waals surface area contributed by atoms with Crippen LogP contribution in [-0.4, -0.2) is 51.7 Å². The highest BCUT2D eigenvalue weighted by atomic mass is 32.2. The van der Waals surface area contributed by atoms with E-state index < -0.39 is 0 Å². The summed E-state index contributed by atoms with van der Waals surface area (Å²) < 4.78 is 5.07. The summed E-state index contributed by atoms with van der Waals surface area (Å²) >= 11 is 1.44. The maximum Gasteiger partial charge on any atom is 0.309 e. The highest BCUT2D eigenvalue weighted by Crippen LogP contribution is 2.26. The van der Waals surface area contributed by atoms with Gasteiger partial charge in [-0.3, -0.25) is 9.59 Å². The number of hydrogen-bond donors (Lipinski definition) is 1. The molecular formula is C18H23N3O3S. The van der Waals surface area contributed by atoms with Crippen molar-refractivity contribution < 1.29 is 14.3 Å². The first kappa shape index (κ1) is 17.8. The summed E-state index contributed by atoms with van der Waals surface area (Å²) in [4.78, 5) is 34.1. The first-order valence-electron chi connectivity index (χ1n) is 8.65. The number of amides is 1. The average molecular weight is 361 g/mol. The number of H-pyrrole nitrogens is 1. The Morgan fingerprint density at radius 1 is 1.36 bits per heavy atom. The number of imidazole rings is 1. The molecule has 1 atom stereocenters. The van der Waals surface area contributed by atoms with Gasteiger partial charge in [-0.1, -0.05) is 23.9 Å². The van der Waals surface area contributed by atoms with Gasteiger partial charge in [0.1, 0.15) is 0 Å². The first-order valence-corrected chi connectivity index (χ1v) is 9.53. The highest BCUT2D eigenvalue weighted by molar-refractivity contribution is 8.00. The number of benzene rings is 1. The van der Waals surface area contributed by atoms with E-state index in [1.54, 1.807) is 0 Å². The van der Waals surface area contributed by atoms with Crippen molar-refractivity contribution >= 4 is 34.7 Å². The normalized spacial score (nSPS) is 16.8. The molecule has 1 N–H and O–H groups in total. The van der Waals surface area contributed by atoms with Crippen molar-refractivity contribution in [2.45, 2.75) is 37.1 Å². The number of hydrogen-bond acceptors (Lipinski definition) is 5. The second-order valence-corrected chi connectivity index (χ2v) is 7.50. The van der Waals surface area contributed by atoms with Gasteiger partial charge in [-0.25, -0.2) is 4.98 Å². The lowest BCUT2D eigenvalue weighted by atomic mass is 9.97. The average Bonchev–Trinajstić information content (AvgIpc) is 3.03. The summed E-state index contributed by atoms with van der Waals surface area (Å²) in [5.41, 5.74) is 1.87. The number of carbonyl (C=O) groups excluding carboxylic acids is 2. The van der Waals surface area contributed by atoms with Crippen LogP contribution in [0.5, 0.6) is 0 Å². The zero-order valence-corrected chi connectivity index (χ0v) is 15.3. The Kier molecular flexibility index (Phi) is 5.63. The maximum absolute atomic E-state index is 12.7. The molecule has 1 aromatic heterocycles. The standard InChI is InChI=1S/C18H23N3O3S/c1-3-24-17(23)13-8-10-21(11-9-13)16(22)12(2)25-18-19-14-6-4-5-7-15(14)20-18/h4-7,12-13H,3,8-11H2,1-2H3,(H,19,20)/t12-/m1/s1. The largest absolute Gasteiger partial charge is 0.466 e. The molecule has 1 aliphatic rings. The third kappa shape index (κ3) is 4.15. The quantitative estimate of drug-likeness (QED) is 0.655. The van der Waals surface area contributed by atoms with Gasteiger partial charge in [-0.05, 0) is 38.8 Å². The van der Waals surface area contributed by atoms with Crippen LogP contribution in [-0.2, 0) is 14.3 Å². The van der Waals surface area contributed by atoms with E-state index in [9.17, 15) is 9.59 Å². The Balaban J connectivity index is 1.55. The fourth-order valence-electron chi connectivity index (χ4n) is 3.06. The molecule has 2 aromatic rings. The molecule has 1 saturated heterocycles. The van der Waals surface area contributed by atoms with Gasteiger partial charge >= 0.3 is 5.97 Å². The SMILES string of the molecule is CCOC(=O)C1CCN(C(=O)[C@@H](C)Sc2nc3ccccc3[nH]2)CC1. The molecule has 0 unspecified atom stereocenters. The fraction of sp³-hybridized carbons (Fsp3) is 0.500. The lowest BCUT2D eigenvalue weighted by Crippen LogP contribution is -2.43. The predicted molar refractivity (Wildman–Crippen MR) is 97.3 cm³/mol. The van der Waals surface area contributed by atoms with Crippen LogP contribution in [0.2, 0.25) is 0 Å². The van der Waals surface area contributed by atoms with E-state index in [2.05, 4.69) is 9.97 Å². The van der Waals surface area contributed by atoms with Crippen LogP contribution in [0.3, 0.4) is 0 Å². The molecule has 2 heterocycles. The van der Waals surface area contributed by atoms with E-state index in [0.717, 1.165) is 16.2 Å². The van der Waals surface area contributed by atoms with Gasteiger partial charge < -0.3 is 14.6 Å². The smallest absolute Gasteiger partial charge is 0.309 e. The summed E-state index contributed by atoms with van der Waals surface area (Å²) in [6, 6.07) is 7.82. The molecule has 0 radical (unpaired) electrons. The third-order valence-electron chi connectivity index (χ3n) is 4.43. The number of thioether (sulfide) groups is 1. The molecule has 3 rings (SSSR count). The molecule has 1 fully saturated rings. The lowest BCUT2D eigenvalue weighted by molar-refractivity contribution is -0.151. The minimum atomic E-state index is -0.222. The van der Waals surface area contributed by atoms with Crippen LogP contribution in [0.1, 0.15) is 26.7 Å². The summed E-state index contributed by atoms with van der Waals surface area (Å²) in [5.74, 6) is -0.130. The molecule has 0 spiro atoms. The van der Waals surface area contributed by atoms with Gasteiger partial charge in [-0.15, -0.1) is 0 Å². The van der Waals surface area contributed by atoms with E-state index in [4.69, 9.17) is 4.74 Å². The molecule has 1 aromatic carbocycles. The van der Waals surface area contributed by atoms with Crippen molar-refractivity contribution in [1.82, 2.24) is 14.9 Å². The molecule has 25 heavy (non-hydrogen) atoms. The van der Waals surface area contributed by atoms with Crippen LogP contribution in [0.15, 0.2) is 29.4 Å². The van der Waals surface area contributed by atoms with Crippen LogP contribution in [0.25, 0.3) is 11.0 Å². The summed E-state index contributed by atoms with van der Waals surface area (Å²) in [6.45, 7) is 5.33. The number of nitrogens with one attached hydrogen (secondary N) is 1. The number of para-hydroxylation sites is 2. The second-order valence-electron chi connectivity index (χ2n) is 6.17. The van der Waals surface area contributed by atoms with E-state index in [1.807, 2.05) is 43.0 Å². The Morgan fingerprint density at radius 3 is 2.76 bits per heavy atom. The summed E-state index contributed by atoms with van der Waals surface area (Å²) in [5, 5.41) is 0.531. The van der Waals surface area contributed by atoms with Gasteiger partial charge in [-0.2, -0.15) is 0 Å². The number of piperidine rings is 1. The number of esters is 1. The predicted octanol–water partition coefficient (Wildman–Crippen LogP) is 2.85. The van der Waals surface area contributed by atoms with Crippen molar-refractivity contribution in [2.24, 2.45) is 5.92 Å². The van der Waals surface area contributed by atoms with Crippen LogP contribution >= 0.6 is 11.8 Å². The Labute approximate surface area is 151 Å².